The number of aryl methyl sites for hydroxylation is 1. The average molecular weight is 216 g/mol. The topological polar surface area (TPSA) is 38.0 Å². The summed E-state index contributed by atoms with van der Waals surface area (Å²) in [6, 6.07) is 8.48. The highest BCUT2D eigenvalue weighted by Gasteiger charge is 1.97. The molecule has 0 aliphatic rings. The molecule has 0 spiro atoms. The van der Waals surface area contributed by atoms with Gasteiger partial charge >= 0.3 is 0 Å². The van der Waals surface area contributed by atoms with Gasteiger partial charge in [0, 0.05) is 25.5 Å². The quantitative estimate of drug-likeness (QED) is 0.828. The summed E-state index contributed by atoms with van der Waals surface area (Å²) >= 11 is 0. The van der Waals surface area contributed by atoms with Crippen molar-refractivity contribution in [3.05, 3.63) is 54.1 Å². The number of aliphatic hydroxyl groups is 1. The zero-order valence-corrected chi connectivity index (χ0v) is 9.21. The lowest BCUT2D eigenvalue weighted by molar-refractivity contribution is 0.288. The molecular weight excluding hydrogens is 200 g/mol. The summed E-state index contributed by atoms with van der Waals surface area (Å²) in [5, 5.41) is 8.79. The summed E-state index contributed by atoms with van der Waals surface area (Å²) in [4.78, 5) is 4.02. The van der Waals surface area contributed by atoms with Crippen LogP contribution in [0.1, 0.15) is 17.5 Å². The predicted octanol–water partition coefficient (Wildman–Crippen LogP) is 1.86. The van der Waals surface area contributed by atoms with E-state index < -0.39 is 0 Å². The molecule has 1 heterocycles. The van der Waals surface area contributed by atoms with Crippen molar-refractivity contribution in [3.8, 4) is 0 Å². The molecule has 1 N–H and O–H groups in total. The van der Waals surface area contributed by atoms with Crippen LogP contribution in [0.2, 0.25) is 0 Å². The lowest BCUT2D eigenvalue weighted by Gasteiger charge is -2.05. The van der Waals surface area contributed by atoms with Crippen molar-refractivity contribution in [2.75, 3.05) is 6.61 Å². The zero-order chi connectivity index (χ0) is 11.2. The Morgan fingerprint density at radius 1 is 1.25 bits per heavy atom. The Kier molecular flexibility index (Phi) is 3.72. The SMILES string of the molecule is OCCCc1cccc(Cn2ccnc2)c1. The Morgan fingerprint density at radius 3 is 2.88 bits per heavy atom. The van der Waals surface area contributed by atoms with Crippen LogP contribution in [-0.4, -0.2) is 21.3 Å². The number of hydrogen-bond donors (Lipinski definition) is 1. The Balaban J connectivity index is 2.04. The van der Waals surface area contributed by atoms with Crippen molar-refractivity contribution in [2.45, 2.75) is 19.4 Å². The average Bonchev–Trinajstić information content (AvgIpc) is 2.80. The lowest BCUT2D eigenvalue weighted by atomic mass is 10.1. The lowest BCUT2D eigenvalue weighted by Crippen LogP contribution is -1.97. The minimum Gasteiger partial charge on any atom is -0.396 e. The minimum atomic E-state index is 0.256. The smallest absolute Gasteiger partial charge is 0.0949 e. The molecule has 0 atom stereocenters. The van der Waals surface area contributed by atoms with Crippen molar-refractivity contribution in [3.63, 3.8) is 0 Å². The molecular formula is C13H16N2O. The Bertz CT molecular complexity index is 423. The highest BCUT2D eigenvalue weighted by Crippen LogP contribution is 2.09. The van der Waals surface area contributed by atoms with Crippen LogP contribution >= 0.6 is 0 Å². The van der Waals surface area contributed by atoms with Gasteiger partial charge in [0.1, 0.15) is 0 Å². The van der Waals surface area contributed by atoms with Gasteiger partial charge in [0.2, 0.25) is 0 Å². The molecule has 0 unspecified atom stereocenters. The third-order valence-corrected chi connectivity index (χ3v) is 2.54. The number of benzene rings is 1. The van der Waals surface area contributed by atoms with Crippen LogP contribution in [-0.2, 0) is 13.0 Å². The predicted molar refractivity (Wildman–Crippen MR) is 63.2 cm³/mol. The molecule has 0 aliphatic heterocycles. The number of rotatable bonds is 5. The standard InChI is InChI=1S/C13H16N2O/c16-8-2-5-12-3-1-4-13(9-12)10-15-7-6-14-11-15/h1,3-4,6-7,9,11,16H,2,5,8,10H2. The second kappa shape index (κ2) is 5.47. The van der Waals surface area contributed by atoms with Crippen molar-refractivity contribution in [1.29, 1.82) is 0 Å². The molecule has 84 valence electrons. The highest BCUT2D eigenvalue weighted by molar-refractivity contribution is 5.23. The molecule has 0 fully saturated rings. The van der Waals surface area contributed by atoms with E-state index in [-0.39, 0.29) is 6.61 Å². The number of nitrogens with zero attached hydrogens (tertiary/aromatic N) is 2. The molecule has 0 bridgehead atoms. The number of imidazole rings is 1. The first kappa shape index (κ1) is 10.9. The second-order valence-electron chi connectivity index (χ2n) is 3.88. The maximum atomic E-state index is 8.79. The van der Waals surface area contributed by atoms with E-state index in [2.05, 4.69) is 29.2 Å². The Morgan fingerprint density at radius 2 is 2.12 bits per heavy atom. The molecule has 2 rings (SSSR count). The molecule has 2 aromatic rings. The first-order valence-corrected chi connectivity index (χ1v) is 5.53. The zero-order valence-electron chi connectivity index (χ0n) is 9.21. The monoisotopic (exact) mass is 216 g/mol. The Labute approximate surface area is 95.4 Å². The molecule has 16 heavy (non-hydrogen) atoms. The van der Waals surface area contributed by atoms with E-state index in [4.69, 9.17) is 5.11 Å². The molecule has 0 radical (unpaired) electrons. The third kappa shape index (κ3) is 2.94. The van der Waals surface area contributed by atoms with Crippen LogP contribution < -0.4 is 0 Å². The van der Waals surface area contributed by atoms with E-state index in [0.717, 1.165) is 19.4 Å². The molecule has 1 aromatic heterocycles. The van der Waals surface area contributed by atoms with Gasteiger partial charge in [-0.15, -0.1) is 0 Å². The van der Waals surface area contributed by atoms with Crippen molar-refractivity contribution < 1.29 is 5.11 Å². The van der Waals surface area contributed by atoms with Crippen molar-refractivity contribution in [2.24, 2.45) is 0 Å². The van der Waals surface area contributed by atoms with E-state index in [1.165, 1.54) is 11.1 Å². The van der Waals surface area contributed by atoms with Gasteiger partial charge in [0.15, 0.2) is 0 Å². The van der Waals surface area contributed by atoms with Crippen LogP contribution in [0, 0.1) is 0 Å². The maximum absolute atomic E-state index is 8.79. The van der Waals surface area contributed by atoms with E-state index in [0.29, 0.717) is 0 Å². The van der Waals surface area contributed by atoms with E-state index in [1.807, 2.05) is 17.1 Å². The number of hydrogen-bond acceptors (Lipinski definition) is 2. The highest BCUT2D eigenvalue weighted by atomic mass is 16.2. The first-order chi connectivity index (χ1) is 7.88. The molecule has 0 saturated carbocycles. The fourth-order valence-electron chi connectivity index (χ4n) is 1.76. The maximum Gasteiger partial charge on any atom is 0.0949 e. The van der Waals surface area contributed by atoms with Crippen LogP contribution in [0.4, 0.5) is 0 Å². The summed E-state index contributed by atoms with van der Waals surface area (Å²) in [7, 11) is 0. The van der Waals surface area contributed by atoms with Gasteiger partial charge in [-0.25, -0.2) is 4.98 Å². The molecule has 0 saturated heterocycles. The number of aromatic nitrogens is 2. The fourth-order valence-corrected chi connectivity index (χ4v) is 1.76. The first-order valence-electron chi connectivity index (χ1n) is 5.53. The van der Waals surface area contributed by atoms with Gasteiger partial charge < -0.3 is 9.67 Å². The van der Waals surface area contributed by atoms with Gasteiger partial charge in [0.25, 0.3) is 0 Å². The van der Waals surface area contributed by atoms with Gasteiger partial charge in [0.05, 0.1) is 6.33 Å². The molecule has 3 nitrogen and oxygen atoms in total. The van der Waals surface area contributed by atoms with E-state index in [1.54, 1.807) is 6.20 Å². The van der Waals surface area contributed by atoms with Gasteiger partial charge in [-0.1, -0.05) is 24.3 Å². The van der Waals surface area contributed by atoms with E-state index in [9.17, 15) is 0 Å². The van der Waals surface area contributed by atoms with Crippen LogP contribution in [0.3, 0.4) is 0 Å². The van der Waals surface area contributed by atoms with Gasteiger partial charge in [-0.3, -0.25) is 0 Å². The van der Waals surface area contributed by atoms with Crippen molar-refractivity contribution in [1.82, 2.24) is 9.55 Å². The normalized spacial score (nSPS) is 10.6. The van der Waals surface area contributed by atoms with Crippen molar-refractivity contribution >= 4 is 0 Å². The second-order valence-corrected chi connectivity index (χ2v) is 3.88. The minimum absolute atomic E-state index is 0.256. The third-order valence-electron chi connectivity index (χ3n) is 2.54. The fraction of sp³-hybridized carbons (Fsp3) is 0.308. The van der Waals surface area contributed by atoms with Gasteiger partial charge in [-0.2, -0.15) is 0 Å². The van der Waals surface area contributed by atoms with Crippen LogP contribution in [0.25, 0.3) is 0 Å². The number of aliphatic hydroxyl groups excluding tert-OH is 1. The van der Waals surface area contributed by atoms with Gasteiger partial charge in [-0.05, 0) is 24.0 Å². The van der Waals surface area contributed by atoms with E-state index >= 15 is 0 Å². The largest absolute Gasteiger partial charge is 0.396 e. The summed E-state index contributed by atoms with van der Waals surface area (Å²) in [6.07, 6.45) is 7.33. The summed E-state index contributed by atoms with van der Waals surface area (Å²) in [6.45, 7) is 1.11. The summed E-state index contributed by atoms with van der Waals surface area (Å²) < 4.78 is 2.05. The van der Waals surface area contributed by atoms with Crippen LogP contribution in [0.5, 0.6) is 0 Å². The summed E-state index contributed by atoms with van der Waals surface area (Å²) in [5.74, 6) is 0. The molecule has 1 aromatic carbocycles. The summed E-state index contributed by atoms with van der Waals surface area (Å²) in [5.41, 5.74) is 2.56. The molecule has 3 heteroatoms. The molecule has 0 amide bonds. The van der Waals surface area contributed by atoms with Crippen LogP contribution in [0.15, 0.2) is 43.0 Å². The Hall–Kier alpha value is -1.61. The molecule has 0 aliphatic carbocycles.